The lowest BCUT2D eigenvalue weighted by Gasteiger charge is -2.37. The number of hydroxylamine groups is 1. The van der Waals surface area contributed by atoms with Crippen LogP contribution in [0.15, 0.2) is 48.5 Å². The molecule has 1 aliphatic rings. The van der Waals surface area contributed by atoms with Crippen molar-refractivity contribution in [2.75, 3.05) is 36.8 Å². The van der Waals surface area contributed by atoms with Crippen molar-refractivity contribution in [3.05, 3.63) is 65.2 Å². The maximum Gasteiger partial charge on any atom is 0.267 e. The average Bonchev–Trinajstić information content (AvgIpc) is 2.73. The van der Waals surface area contributed by atoms with E-state index in [9.17, 15) is 9.59 Å². The van der Waals surface area contributed by atoms with Gasteiger partial charge in [0.25, 0.3) is 11.8 Å². The van der Waals surface area contributed by atoms with Crippen molar-refractivity contribution < 1.29 is 14.8 Å². The second-order valence-electron chi connectivity index (χ2n) is 6.72. The fourth-order valence-corrected chi connectivity index (χ4v) is 3.23. The van der Waals surface area contributed by atoms with Crippen molar-refractivity contribution in [2.45, 2.75) is 6.92 Å². The van der Waals surface area contributed by atoms with Crippen LogP contribution in [-0.2, 0) is 4.79 Å². The number of rotatable bonds is 4. The number of amides is 2. The van der Waals surface area contributed by atoms with Crippen LogP contribution in [0.1, 0.15) is 21.5 Å². The van der Waals surface area contributed by atoms with Gasteiger partial charge in [-0.1, -0.05) is 24.3 Å². The molecule has 2 aromatic rings. The third kappa shape index (κ3) is 4.32. The molecule has 4 N–H and O–H groups in total. The smallest absolute Gasteiger partial charge is 0.267 e. The van der Waals surface area contributed by atoms with Crippen LogP contribution in [0.5, 0.6) is 0 Å². The van der Waals surface area contributed by atoms with Crippen LogP contribution in [0, 0.1) is 6.92 Å². The number of anilines is 2. The van der Waals surface area contributed by atoms with Crippen molar-refractivity contribution in [2.24, 2.45) is 0 Å². The molecule has 0 saturated carbocycles. The maximum atomic E-state index is 12.8. The van der Waals surface area contributed by atoms with Crippen molar-refractivity contribution in [3.63, 3.8) is 0 Å². The number of benzene rings is 2. The van der Waals surface area contributed by atoms with Crippen LogP contribution in [0.4, 0.5) is 11.4 Å². The summed E-state index contributed by atoms with van der Waals surface area (Å²) in [4.78, 5) is 28.0. The van der Waals surface area contributed by atoms with Gasteiger partial charge in [0.15, 0.2) is 0 Å². The number of carbonyl (C=O) groups is 2. The predicted octanol–water partition coefficient (Wildman–Crippen LogP) is 2.06. The molecule has 0 unspecified atom stereocenters. The third-order valence-corrected chi connectivity index (χ3v) is 4.89. The lowest BCUT2D eigenvalue weighted by Crippen LogP contribution is -2.49. The van der Waals surface area contributed by atoms with Crippen molar-refractivity contribution in [1.29, 1.82) is 0 Å². The highest BCUT2D eigenvalue weighted by Crippen LogP contribution is 2.24. The molecular formula is C21H24N4O3. The topological polar surface area (TPSA) is 98.9 Å². The summed E-state index contributed by atoms with van der Waals surface area (Å²) in [7, 11) is 0. The fourth-order valence-electron chi connectivity index (χ4n) is 3.23. The first-order valence-electron chi connectivity index (χ1n) is 9.11. The first-order chi connectivity index (χ1) is 13.5. The molecule has 0 aromatic heterocycles. The fraction of sp³-hybridized carbons (Fsp3) is 0.238. The lowest BCUT2D eigenvalue weighted by molar-refractivity contribution is -0.124. The predicted molar refractivity (Wildman–Crippen MR) is 109 cm³/mol. The van der Waals surface area contributed by atoms with E-state index in [0.717, 1.165) is 16.8 Å². The average molecular weight is 380 g/mol. The number of hydrogen-bond donors (Lipinski definition) is 3. The van der Waals surface area contributed by atoms with Gasteiger partial charge in [-0.25, -0.2) is 5.48 Å². The van der Waals surface area contributed by atoms with Crippen LogP contribution in [0.3, 0.4) is 0 Å². The Hall–Kier alpha value is -3.32. The number of nitrogens with two attached hydrogens (primary N) is 1. The molecule has 2 aromatic carbocycles. The Morgan fingerprint density at radius 1 is 1.11 bits per heavy atom. The molecule has 0 bridgehead atoms. The molecule has 0 atom stereocenters. The zero-order chi connectivity index (χ0) is 20.1. The summed E-state index contributed by atoms with van der Waals surface area (Å²) < 4.78 is 0. The monoisotopic (exact) mass is 380 g/mol. The minimum Gasteiger partial charge on any atom is -0.398 e. The number of hydrogen-bond acceptors (Lipinski definition) is 5. The highest BCUT2D eigenvalue weighted by Gasteiger charge is 2.23. The molecule has 146 valence electrons. The molecule has 1 saturated heterocycles. The summed E-state index contributed by atoms with van der Waals surface area (Å²) in [5.41, 5.74) is 11.6. The molecule has 1 aliphatic heterocycles. The molecule has 7 nitrogen and oxygen atoms in total. The largest absolute Gasteiger partial charge is 0.398 e. The van der Waals surface area contributed by atoms with Crippen molar-refractivity contribution in [3.8, 4) is 0 Å². The van der Waals surface area contributed by atoms with Gasteiger partial charge < -0.3 is 15.5 Å². The molecule has 2 amide bonds. The molecular weight excluding hydrogens is 356 g/mol. The van der Waals surface area contributed by atoms with Crippen LogP contribution in [-0.4, -0.2) is 48.1 Å². The van der Waals surface area contributed by atoms with Gasteiger partial charge in [-0.2, -0.15) is 0 Å². The molecule has 0 radical (unpaired) electrons. The van der Waals surface area contributed by atoms with Gasteiger partial charge in [0.1, 0.15) is 0 Å². The summed E-state index contributed by atoms with van der Waals surface area (Å²) in [6.07, 6.45) is 2.94. The Bertz CT molecular complexity index is 902. The van der Waals surface area contributed by atoms with Gasteiger partial charge in [-0.15, -0.1) is 0 Å². The Morgan fingerprint density at radius 3 is 2.50 bits per heavy atom. The van der Waals surface area contributed by atoms with Crippen molar-refractivity contribution in [1.82, 2.24) is 10.4 Å². The summed E-state index contributed by atoms with van der Waals surface area (Å²) >= 11 is 0. The highest BCUT2D eigenvalue weighted by atomic mass is 16.5. The van der Waals surface area contributed by atoms with E-state index in [-0.39, 0.29) is 5.91 Å². The zero-order valence-corrected chi connectivity index (χ0v) is 15.8. The van der Waals surface area contributed by atoms with Gasteiger partial charge in [-0.3, -0.25) is 14.8 Å². The molecule has 3 rings (SSSR count). The maximum absolute atomic E-state index is 12.8. The van der Waals surface area contributed by atoms with E-state index < -0.39 is 5.91 Å². The summed E-state index contributed by atoms with van der Waals surface area (Å²) in [6.45, 7) is 4.48. The lowest BCUT2D eigenvalue weighted by atomic mass is 10.1. The van der Waals surface area contributed by atoms with Crippen LogP contribution in [0.25, 0.3) is 6.08 Å². The van der Waals surface area contributed by atoms with Gasteiger partial charge in [0.05, 0.1) is 0 Å². The Kier molecular flexibility index (Phi) is 5.96. The Labute approximate surface area is 164 Å². The number of para-hydroxylation sites is 1. The summed E-state index contributed by atoms with van der Waals surface area (Å²) in [5, 5.41) is 8.63. The number of carbonyl (C=O) groups excluding carboxylic acids is 2. The zero-order valence-electron chi connectivity index (χ0n) is 15.8. The van der Waals surface area contributed by atoms with E-state index >= 15 is 0 Å². The second-order valence-corrected chi connectivity index (χ2v) is 6.72. The van der Waals surface area contributed by atoms with E-state index in [1.54, 1.807) is 17.6 Å². The molecule has 1 heterocycles. The molecule has 1 fully saturated rings. The number of nitrogens with zero attached hydrogens (tertiary/aromatic N) is 2. The van der Waals surface area contributed by atoms with Crippen LogP contribution in [0.2, 0.25) is 0 Å². The van der Waals surface area contributed by atoms with Gasteiger partial charge in [0, 0.05) is 49.2 Å². The first kappa shape index (κ1) is 19.4. The van der Waals surface area contributed by atoms with E-state index in [4.69, 9.17) is 10.9 Å². The highest BCUT2D eigenvalue weighted by molar-refractivity contribution is 5.95. The number of nitrogen functional groups attached to an aromatic ring is 1. The van der Waals surface area contributed by atoms with Crippen molar-refractivity contribution >= 4 is 29.3 Å². The minimum absolute atomic E-state index is 0.0147. The second kappa shape index (κ2) is 8.58. The van der Waals surface area contributed by atoms with E-state index in [0.29, 0.717) is 37.4 Å². The van der Waals surface area contributed by atoms with E-state index in [1.165, 1.54) is 6.08 Å². The minimum atomic E-state index is -0.581. The normalized spacial score (nSPS) is 14.4. The molecule has 0 aliphatic carbocycles. The Morgan fingerprint density at radius 2 is 1.82 bits per heavy atom. The van der Waals surface area contributed by atoms with Gasteiger partial charge >= 0.3 is 0 Å². The first-order valence-corrected chi connectivity index (χ1v) is 9.11. The van der Waals surface area contributed by atoms with Gasteiger partial charge in [0.2, 0.25) is 0 Å². The third-order valence-electron chi connectivity index (χ3n) is 4.89. The van der Waals surface area contributed by atoms with Crippen LogP contribution >= 0.6 is 0 Å². The Balaban J connectivity index is 1.69. The quantitative estimate of drug-likeness (QED) is 0.326. The summed E-state index contributed by atoms with van der Waals surface area (Å²) in [6, 6.07) is 13.1. The number of aryl methyl sites for hydroxylation is 1. The van der Waals surface area contributed by atoms with Gasteiger partial charge in [-0.05, 0) is 42.3 Å². The van der Waals surface area contributed by atoms with E-state index in [1.807, 2.05) is 48.2 Å². The standard InChI is InChI=1S/C21H24N4O3/c1-15-6-7-17(14-18(15)22)21(27)25-12-10-24(11-13-25)19-5-3-2-4-16(19)8-9-20(26)23-28/h2-9,14,28H,10-13,22H2,1H3,(H,23,26)/b9-8+. The molecule has 7 heteroatoms. The number of nitrogens with one attached hydrogen (secondary N) is 1. The summed E-state index contributed by atoms with van der Waals surface area (Å²) in [5.74, 6) is -0.596. The number of piperazine rings is 1. The SMILES string of the molecule is Cc1ccc(C(=O)N2CCN(c3ccccc3/C=C/C(=O)NO)CC2)cc1N. The van der Waals surface area contributed by atoms with E-state index in [2.05, 4.69) is 4.90 Å². The molecule has 28 heavy (non-hydrogen) atoms. The van der Waals surface area contributed by atoms with Crippen LogP contribution < -0.4 is 16.1 Å². The molecule has 0 spiro atoms.